The van der Waals surface area contributed by atoms with E-state index in [2.05, 4.69) is 10.2 Å². The Labute approximate surface area is 94.2 Å². The van der Waals surface area contributed by atoms with E-state index in [1.807, 2.05) is 31.2 Å². The second-order valence-corrected chi connectivity index (χ2v) is 3.72. The lowest BCUT2D eigenvalue weighted by Gasteiger charge is -2.01. The number of ketones is 1. The number of rotatable bonds is 3. The van der Waals surface area contributed by atoms with Crippen molar-refractivity contribution in [1.29, 1.82) is 0 Å². The maximum Gasteiger partial charge on any atom is 0.168 e. The summed E-state index contributed by atoms with van der Waals surface area (Å²) in [6, 6.07) is 9.65. The van der Waals surface area contributed by atoms with Gasteiger partial charge in [-0.1, -0.05) is 29.8 Å². The van der Waals surface area contributed by atoms with Crippen molar-refractivity contribution < 1.29 is 4.79 Å². The van der Waals surface area contributed by atoms with E-state index in [0.29, 0.717) is 12.0 Å². The van der Waals surface area contributed by atoms with Crippen LogP contribution in [0.5, 0.6) is 0 Å². The highest BCUT2D eigenvalue weighted by atomic mass is 16.1. The first-order valence-electron chi connectivity index (χ1n) is 5.11. The molecular weight excluding hydrogens is 200 g/mol. The Morgan fingerprint density at radius 3 is 2.50 bits per heavy atom. The normalized spacial score (nSPS) is 10.1. The van der Waals surface area contributed by atoms with Crippen LogP contribution >= 0.6 is 0 Å². The van der Waals surface area contributed by atoms with Crippen LogP contribution in [-0.2, 0) is 6.42 Å². The Hall–Kier alpha value is -2.03. The molecule has 1 heterocycles. The zero-order chi connectivity index (χ0) is 11.4. The summed E-state index contributed by atoms with van der Waals surface area (Å²) < 4.78 is 0. The zero-order valence-corrected chi connectivity index (χ0v) is 9.05. The van der Waals surface area contributed by atoms with E-state index < -0.39 is 0 Å². The van der Waals surface area contributed by atoms with Crippen LogP contribution < -0.4 is 0 Å². The average Bonchev–Trinajstić information content (AvgIpc) is 2.33. The van der Waals surface area contributed by atoms with Gasteiger partial charge in [0.2, 0.25) is 0 Å². The molecule has 1 aromatic heterocycles. The van der Waals surface area contributed by atoms with Gasteiger partial charge in [-0.05, 0) is 18.6 Å². The van der Waals surface area contributed by atoms with Crippen molar-refractivity contribution in [2.24, 2.45) is 0 Å². The van der Waals surface area contributed by atoms with Gasteiger partial charge in [-0.25, -0.2) is 0 Å². The molecule has 0 radical (unpaired) electrons. The molecule has 80 valence electrons. The second kappa shape index (κ2) is 4.66. The van der Waals surface area contributed by atoms with Crippen LogP contribution in [0.15, 0.2) is 42.7 Å². The Balaban J connectivity index is 2.11. The number of aromatic nitrogens is 2. The van der Waals surface area contributed by atoms with E-state index in [-0.39, 0.29) is 5.78 Å². The van der Waals surface area contributed by atoms with Gasteiger partial charge in [0.25, 0.3) is 0 Å². The Morgan fingerprint density at radius 2 is 1.88 bits per heavy atom. The van der Waals surface area contributed by atoms with E-state index in [9.17, 15) is 4.79 Å². The Kier molecular flexibility index (Phi) is 3.05. The molecular formula is C13H12N2O. The highest BCUT2D eigenvalue weighted by molar-refractivity contribution is 5.97. The van der Waals surface area contributed by atoms with Gasteiger partial charge in [-0.2, -0.15) is 10.2 Å². The van der Waals surface area contributed by atoms with Crippen LogP contribution in [0.1, 0.15) is 21.5 Å². The van der Waals surface area contributed by atoms with Crippen molar-refractivity contribution in [1.82, 2.24) is 10.2 Å². The summed E-state index contributed by atoms with van der Waals surface area (Å²) in [5.74, 6) is 0.0683. The lowest BCUT2D eigenvalue weighted by Crippen LogP contribution is -2.04. The maximum atomic E-state index is 11.8. The lowest BCUT2D eigenvalue weighted by molar-refractivity contribution is 0.0992. The molecule has 0 aliphatic heterocycles. The molecule has 0 saturated heterocycles. The number of hydrogen-bond acceptors (Lipinski definition) is 3. The number of aryl methyl sites for hydroxylation is 1. The van der Waals surface area contributed by atoms with E-state index in [4.69, 9.17) is 0 Å². The molecule has 1 aromatic carbocycles. The van der Waals surface area contributed by atoms with Gasteiger partial charge in [-0.15, -0.1) is 0 Å². The van der Waals surface area contributed by atoms with Gasteiger partial charge in [-0.3, -0.25) is 4.79 Å². The summed E-state index contributed by atoms with van der Waals surface area (Å²) in [5.41, 5.74) is 2.82. The zero-order valence-electron chi connectivity index (χ0n) is 9.05. The molecule has 0 N–H and O–H groups in total. The summed E-state index contributed by atoms with van der Waals surface area (Å²) in [7, 11) is 0. The first kappa shape index (κ1) is 10.5. The number of nitrogens with zero attached hydrogens (tertiary/aromatic N) is 2. The molecule has 0 aliphatic carbocycles. The molecule has 3 nitrogen and oxygen atoms in total. The number of carbonyl (C=O) groups excluding carboxylic acids is 1. The van der Waals surface area contributed by atoms with Crippen LogP contribution in [0.25, 0.3) is 0 Å². The van der Waals surface area contributed by atoms with Crippen molar-refractivity contribution in [2.45, 2.75) is 13.3 Å². The molecule has 0 spiro atoms. The molecule has 16 heavy (non-hydrogen) atoms. The van der Waals surface area contributed by atoms with Crippen molar-refractivity contribution in [2.75, 3.05) is 0 Å². The molecule has 0 bridgehead atoms. The predicted molar refractivity (Wildman–Crippen MR) is 61.2 cm³/mol. The van der Waals surface area contributed by atoms with Gasteiger partial charge in [0.05, 0.1) is 12.4 Å². The maximum absolute atomic E-state index is 11.8. The number of benzene rings is 1. The minimum Gasteiger partial charge on any atom is -0.294 e. The topological polar surface area (TPSA) is 42.9 Å². The van der Waals surface area contributed by atoms with Crippen molar-refractivity contribution >= 4 is 5.78 Å². The van der Waals surface area contributed by atoms with Crippen LogP contribution in [0.2, 0.25) is 0 Å². The lowest BCUT2D eigenvalue weighted by atomic mass is 10.0. The third kappa shape index (κ3) is 2.51. The highest BCUT2D eigenvalue weighted by Gasteiger charge is 2.06. The third-order valence-corrected chi connectivity index (χ3v) is 2.39. The van der Waals surface area contributed by atoms with Crippen LogP contribution in [0.4, 0.5) is 0 Å². The predicted octanol–water partition coefficient (Wildman–Crippen LogP) is 2.21. The summed E-state index contributed by atoms with van der Waals surface area (Å²) >= 11 is 0. The molecule has 2 rings (SSSR count). The Morgan fingerprint density at radius 1 is 1.12 bits per heavy atom. The number of hydrogen-bond donors (Lipinski definition) is 0. The van der Waals surface area contributed by atoms with Crippen molar-refractivity contribution in [3.05, 3.63) is 59.4 Å². The summed E-state index contributed by atoms with van der Waals surface area (Å²) in [4.78, 5) is 11.8. The Bertz CT molecular complexity index is 477. The van der Waals surface area contributed by atoms with E-state index in [0.717, 1.165) is 5.56 Å². The van der Waals surface area contributed by atoms with Gasteiger partial charge < -0.3 is 0 Å². The molecule has 0 unspecified atom stereocenters. The molecule has 0 fully saturated rings. The SMILES string of the molecule is Cc1ccc(CC(=O)c2ccnnc2)cc1. The number of carbonyl (C=O) groups is 1. The fraction of sp³-hybridized carbons (Fsp3) is 0.154. The summed E-state index contributed by atoms with van der Waals surface area (Å²) in [6.45, 7) is 2.03. The van der Waals surface area contributed by atoms with E-state index in [1.165, 1.54) is 18.0 Å². The summed E-state index contributed by atoms with van der Waals surface area (Å²) in [5, 5.41) is 7.33. The minimum atomic E-state index is 0.0683. The number of Topliss-reactive ketones (excluding diaryl/α,β-unsaturated/α-hetero) is 1. The molecule has 0 saturated carbocycles. The minimum absolute atomic E-state index is 0.0683. The smallest absolute Gasteiger partial charge is 0.168 e. The second-order valence-electron chi connectivity index (χ2n) is 3.72. The van der Waals surface area contributed by atoms with Crippen molar-refractivity contribution in [3.63, 3.8) is 0 Å². The molecule has 3 heteroatoms. The van der Waals surface area contributed by atoms with Crippen LogP contribution in [-0.4, -0.2) is 16.0 Å². The molecule has 0 aliphatic rings. The van der Waals surface area contributed by atoms with Gasteiger partial charge >= 0.3 is 0 Å². The largest absolute Gasteiger partial charge is 0.294 e. The monoisotopic (exact) mass is 212 g/mol. The standard InChI is InChI=1S/C13H12N2O/c1-10-2-4-11(5-3-10)8-13(16)12-6-7-14-15-9-12/h2-7,9H,8H2,1H3. The summed E-state index contributed by atoms with van der Waals surface area (Å²) in [6.07, 6.45) is 3.44. The fourth-order valence-electron chi connectivity index (χ4n) is 1.45. The third-order valence-electron chi connectivity index (χ3n) is 2.39. The first-order valence-corrected chi connectivity index (χ1v) is 5.11. The first-order chi connectivity index (χ1) is 7.75. The van der Waals surface area contributed by atoms with Gasteiger partial charge in [0.1, 0.15) is 0 Å². The van der Waals surface area contributed by atoms with E-state index >= 15 is 0 Å². The fourth-order valence-corrected chi connectivity index (χ4v) is 1.45. The quantitative estimate of drug-likeness (QED) is 0.732. The molecule has 0 atom stereocenters. The van der Waals surface area contributed by atoms with Crippen LogP contribution in [0, 0.1) is 6.92 Å². The van der Waals surface area contributed by atoms with Gasteiger partial charge in [0, 0.05) is 12.0 Å². The van der Waals surface area contributed by atoms with E-state index in [1.54, 1.807) is 6.07 Å². The van der Waals surface area contributed by atoms with Crippen LogP contribution in [0.3, 0.4) is 0 Å². The average molecular weight is 212 g/mol. The highest BCUT2D eigenvalue weighted by Crippen LogP contribution is 2.07. The van der Waals surface area contributed by atoms with Crippen molar-refractivity contribution in [3.8, 4) is 0 Å². The van der Waals surface area contributed by atoms with Gasteiger partial charge in [0.15, 0.2) is 5.78 Å². The molecule has 0 amide bonds. The molecule has 2 aromatic rings.